The van der Waals surface area contributed by atoms with Crippen LogP contribution < -0.4 is 10.6 Å². The molecule has 0 saturated carbocycles. The lowest BCUT2D eigenvalue weighted by Crippen LogP contribution is -2.22. The molecule has 0 aliphatic rings. The van der Waals surface area contributed by atoms with Gasteiger partial charge in [0.25, 0.3) is 5.91 Å². The van der Waals surface area contributed by atoms with Crippen LogP contribution in [-0.4, -0.2) is 11.8 Å². The molecule has 4 aromatic rings. The summed E-state index contributed by atoms with van der Waals surface area (Å²) in [5.74, 6) is -0.746. The van der Waals surface area contributed by atoms with Gasteiger partial charge in [0.05, 0.1) is 5.92 Å². The molecule has 4 aromatic carbocycles. The largest absolute Gasteiger partial charge is 0.325 e. The van der Waals surface area contributed by atoms with Crippen molar-refractivity contribution in [1.82, 2.24) is 0 Å². The van der Waals surface area contributed by atoms with Crippen LogP contribution in [0, 0.1) is 6.92 Å². The molecule has 158 valence electrons. The Hall–Kier alpha value is -4.18. The summed E-state index contributed by atoms with van der Waals surface area (Å²) in [4.78, 5) is 25.8. The van der Waals surface area contributed by atoms with Crippen LogP contribution in [-0.2, 0) is 4.79 Å². The van der Waals surface area contributed by atoms with E-state index in [4.69, 9.17) is 0 Å². The lowest BCUT2D eigenvalue weighted by molar-refractivity contribution is -0.116. The van der Waals surface area contributed by atoms with Gasteiger partial charge in [-0.25, -0.2) is 0 Å². The quantitative estimate of drug-likeness (QED) is 0.401. The summed E-state index contributed by atoms with van der Waals surface area (Å²) in [5, 5.41) is 5.91. The second-order valence-corrected chi connectivity index (χ2v) is 7.59. The zero-order valence-electron chi connectivity index (χ0n) is 17.8. The van der Waals surface area contributed by atoms with E-state index in [2.05, 4.69) is 10.6 Å². The molecule has 4 nitrogen and oxygen atoms in total. The Balaban J connectivity index is 1.50. The van der Waals surface area contributed by atoms with E-state index in [0.29, 0.717) is 11.3 Å². The topological polar surface area (TPSA) is 58.2 Å². The molecule has 0 radical (unpaired) electrons. The summed E-state index contributed by atoms with van der Waals surface area (Å²) in [5.41, 5.74) is 4.78. The molecule has 2 amide bonds. The molecule has 0 atom stereocenters. The Morgan fingerprint density at radius 3 is 1.72 bits per heavy atom. The molecule has 4 heteroatoms. The minimum atomic E-state index is -0.429. The van der Waals surface area contributed by atoms with E-state index in [1.165, 1.54) is 0 Å². The summed E-state index contributed by atoms with van der Waals surface area (Å²) < 4.78 is 0. The number of hydrogen-bond acceptors (Lipinski definition) is 2. The number of aryl methyl sites for hydroxylation is 1. The van der Waals surface area contributed by atoms with E-state index in [-0.39, 0.29) is 11.8 Å². The van der Waals surface area contributed by atoms with Crippen LogP contribution in [0.15, 0.2) is 109 Å². The van der Waals surface area contributed by atoms with Crippen LogP contribution in [0.2, 0.25) is 0 Å². The molecule has 0 saturated heterocycles. The fourth-order valence-electron chi connectivity index (χ4n) is 3.61. The number of amides is 2. The van der Waals surface area contributed by atoms with Crippen molar-refractivity contribution >= 4 is 23.2 Å². The average Bonchev–Trinajstić information content (AvgIpc) is 2.82. The maximum absolute atomic E-state index is 13.2. The highest BCUT2D eigenvalue weighted by atomic mass is 16.2. The minimum absolute atomic E-state index is 0.125. The summed E-state index contributed by atoms with van der Waals surface area (Å²) in [6.07, 6.45) is 0. The summed E-state index contributed by atoms with van der Waals surface area (Å²) in [6, 6.07) is 34.0. The predicted octanol–water partition coefficient (Wildman–Crippen LogP) is 6.02. The Morgan fingerprint density at radius 2 is 1.16 bits per heavy atom. The van der Waals surface area contributed by atoms with Gasteiger partial charge in [-0.15, -0.1) is 0 Å². The molecule has 0 spiro atoms. The van der Waals surface area contributed by atoms with Crippen molar-refractivity contribution in [2.24, 2.45) is 0 Å². The van der Waals surface area contributed by atoms with Crippen molar-refractivity contribution in [2.75, 3.05) is 10.6 Å². The smallest absolute Gasteiger partial charge is 0.255 e. The third-order valence-electron chi connectivity index (χ3n) is 5.34. The zero-order valence-corrected chi connectivity index (χ0v) is 17.8. The first-order chi connectivity index (χ1) is 15.6. The fourth-order valence-corrected chi connectivity index (χ4v) is 3.61. The molecule has 32 heavy (non-hydrogen) atoms. The van der Waals surface area contributed by atoms with E-state index < -0.39 is 5.92 Å². The van der Waals surface area contributed by atoms with Crippen LogP contribution in [0.1, 0.15) is 33.0 Å². The zero-order chi connectivity index (χ0) is 22.3. The Morgan fingerprint density at radius 1 is 0.625 bits per heavy atom. The monoisotopic (exact) mass is 420 g/mol. The Kier molecular flexibility index (Phi) is 6.42. The number of rotatable bonds is 6. The van der Waals surface area contributed by atoms with Crippen LogP contribution in [0.25, 0.3) is 0 Å². The molecule has 0 fully saturated rings. The highest BCUT2D eigenvalue weighted by Crippen LogP contribution is 2.26. The van der Waals surface area contributed by atoms with Gasteiger partial charge in [-0.1, -0.05) is 78.9 Å². The Bertz CT molecular complexity index is 1160. The summed E-state index contributed by atoms with van der Waals surface area (Å²) in [6.45, 7) is 1.95. The molecule has 2 N–H and O–H groups in total. The number of hydrogen-bond donors (Lipinski definition) is 2. The standard InChI is InChI=1S/C28H24N2O2/c1-20-10-8-9-15-25(20)30-27(31)23-16-18-24(19-17-23)29-28(32)26(21-11-4-2-5-12-21)22-13-6-3-7-14-22/h2-19,26H,1H3,(H,29,32)(H,30,31). The highest BCUT2D eigenvalue weighted by Gasteiger charge is 2.22. The first-order valence-electron chi connectivity index (χ1n) is 10.5. The van der Waals surface area contributed by atoms with Gasteiger partial charge in [0.1, 0.15) is 0 Å². The van der Waals surface area contributed by atoms with Crippen molar-refractivity contribution < 1.29 is 9.59 Å². The third kappa shape index (κ3) is 4.93. The molecule has 0 bridgehead atoms. The summed E-state index contributed by atoms with van der Waals surface area (Å²) in [7, 11) is 0. The number of carbonyl (C=O) groups excluding carboxylic acids is 2. The van der Waals surface area contributed by atoms with Crippen LogP contribution in [0.3, 0.4) is 0 Å². The number of benzene rings is 4. The normalized spacial score (nSPS) is 10.6. The van der Waals surface area contributed by atoms with Crippen molar-refractivity contribution in [2.45, 2.75) is 12.8 Å². The number of anilines is 2. The first kappa shape index (κ1) is 21.1. The van der Waals surface area contributed by atoms with Gasteiger partial charge in [0.2, 0.25) is 5.91 Å². The van der Waals surface area contributed by atoms with Gasteiger partial charge in [-0.3, -0.25) is 9.59 Å². The molecular formula is C28H24N2O2. The maximum Gasteiger partial charge on any atom is 0.255 e. The lowest BCUT2D eigenvalue weighted by atomic mass is 9.90. The maximum atomic E-state index is 13.2. The van der Waals surface area contributed by atoms with E-state index in [9.17, 15) is 9.59 Å². The van der Waals surface area contributed by atoms with Crippen molar-refractivity contribution in [3.8, 4) is 0 Å². The molecule has 0 unspecified atom stereocenters. The predicted molar refractivity (Wildman–Crippen MR) is 129 cm³/mol. The van der Waals surface area contributed by atoms with E-state index in [1.54, 1.807) is 24.3 Å². The van der Waals surface area contributed by atoms with Gasteiger partial charge in [0, 0.05) is 16.9 Å². The summed E-state index contributed by atoms with van der Waals surface area (Å²) >= 11 is 0. The SMILES string of the molecule is Cc1ccccc1NC(=O)c1ccc(NC(=O)C(c2ccccc2)c2ccccc2)cc1. The molecule has 0 heterocycles. The van der Waals surface area contributed by atoms with Crippen molar-refractivity contribution in [3.05, 3.63) is 131 Å². The Labute approximate surface area is 187 Å². The van der Waals surface area contributed by atoms with E-state index in [0.717, 1.165) is 22.4 Å². The second-order valence-electron chi connectivity index (χ2n) is 7.59. The van der Waals surface area contributed by atoms with Crippen molar-refractivity contribution in [3.63, 3.8) is 0 Å². The van der Waals surface area contributed by atoms with E-state index >= 15 is 0 Å². The molecular weight excluding hydrogens is 396 g/mol. The number of nitrogens with one attached hydrogen (secondary N) is 2. The molecule has 0 aliphatic heterocycles. The molecule has 0 aromatic heterocycles. The van der Waals surface area contributed by atoms with Gasteiger partial charge in [-0.2, -0.15) is 0 Å². The van der Waals surface area contributed by atoms with Gasteiger partial charge in [-0.05, 0) is 53.9 Å². The van der Waals surface area contributed by atoms with Crippen molar-refractivity contribution in [1.29, 1.82) is 0 Å². The highest BCUT2D eigenvalue weighted by molar-refractivity contribution is 6.05. The molecule has 0 aliphatic carbocycles. The fraction of sp³-hybridized carbons (Fsp3) is 0.0714. The minimum Gasteiger partial charge on any atom is -0.325 e. The van der Waals surface area contributed by atoms with Gasteiger partial charge >= 0.3 is 0 Å². The van der Waals surface area contributed by atoms with Gasteiger partial charge < -0.3 is 10.6 Å². The third-order valence-corrected chi connectivity index (χ3v) is 5.34. The second kappa shape index (κ2) is 9.75. The lowest BCUT2D eigenvalue weighted by Gasteiger charge is -2.18. The van der Waals surface area contributed by atoms with Crippen LogP contribution in [0.5, 0.6) is 0 Å². The first-order valence-corrected chi connectivity index (χ1v) is 10.5. The van der Waals surface area contributed by atoms with Crippen LogP contribution in [0.4, 0.5) is 11.4 Å². The number of para-hydroxylation sites is 1. The number of carbonyl (C=O) groups is 2. The average molecular weight is 421 g/mol. The van der Waals surface area contributed by atoms with Gasteiger partial charge in [0.15, 0.2) is 0 Å². The van der Waals surface area contributed by atoms with Crippen LogP contribution >= 0.6 is 0 Å². The van der Waals surface area contributed by atoms with E-state index in [1.807, 2.05) is 91.9 Å². The molecule has 4 rings (SSSR count).